The van der Waals surface area contributed by atoms with Crippen molar-refractivity contribution in [1.29, 1.82) is 0 Å². The third-order valence-electron chi connectivity index (χ3n) is 3.59. The molecule has 2 rings (SSSR count). The summed E-state index contributed by atoms with van der Waals surface area (Å²) in [4.78, 5) is 0. The molecule has 0 aromatic heterocycles. The molecule has 0 saturated heterocycles. The van der Waals surface area contributed by atoms with Crippen LogP contribution in [0.15, 0.2) is 24.3 Å². The zero-order valence-corrected chi connectivity index (χ0v) is 10.9. The summed E-state index contributed by atoms with van der Waals surface area (Å²) >= 11 is 0. The van der Waals surface area contributed by atoms with E-state index in [0.29, 0.717) is 0 Å². The summed E-state index contributed by atoms with van der Waals surface area (Å²) in [5, 5.41) is 3.68. The largest absolute Gasteiger partial charge is 0.497 e. The average molecular weight is 233 g/mol. The van der Waals surface area contributed by atoms with Crippen LogP contribution in [0.5, 0.6) is 5.75 Å². The van der Waals surface area contributed by atoms with E-state index in [2.05, 4.69) is 30.4 Å². The van der Waals surface area contributed by atoms with Gasteiger partial charge in [0, 0.05) is 6.04 Å². The van der Waals surface area contributed by atoms with Gasteiger partial charge in [0.25, 0.3) is 0 Å². The number of rotatable bonds is 7. The van der Waals surface area contributed by atoms with Crippen molar-refractivity contribution in [2.75, 3.05) is 13.7 Å². The summed E-state index contributed by atoms with van der Waals surface area (Å²) < 4.78 is 5.23. The molecule has 1 fully saturated rings. The van der Waals surface area contributed by atoms with E-state index in [1.54, 1.807) is 7.11 Å². The van der Waals surface area contributed by atoms with E-state index in [1.165, 1.54) is 24.8 Å². The molecule has 2 heteroatoms. The molecule has 0 radical (unpaired) electrons. The first-order valence-electron chi connectivity index (χ1n) is 6.69. The first-order chi connectivity index (χ1) is 8.33. The van der Waals surface area contributed by atoms with E-state index in [1.807, 2.05) is 6.07 Å². The van der Waals surface area contributed by atoms with Gasteiger partial charge in [-0.1, -0.05) is 19.1 Å². The van der Waals surface area contributed by atoms with Crippen molar-refractivity contribution in [2.45, 2.75) is 38.6 Å². The maximum atomic E-state index is 5.23. The molecule has 2 nitrogen and oxygen atoms in total. The Morgan fingerprint density at radius 2 is 2.24 bits per heavy atom. The van der Waals surface area contributed by atoms with Crippen LogP contribution in [0.4, 0.5) is 0 Å². The molecule has 17 heavy (non-hydrogen) atoms. The van der Waals surface area contributed by atoms with Crippen LogP contribution in [0.1, 0.15) is 31.7 Å². The molecule has 1 saturated carbocycles. The molecule has 1 aromatic rings. The van der Waals surface area contributed by atoms with Gasteiger partial charge in [0.2, 0.25) is 0 Å². The second kappa shape index (κ2) is 6.06. The van der Waals surface area contributed by atoms with E-state index >= 15 is 0 Å². The molecule has 1 aliphatic carbocycles. The highest BCUT2D eigenvalue weighted by Crippen LogP contribution is 2.33. The van der Waals surface area contributed by atoms with Crippen molar-refractivity contribution in [3.05, 3.63) is 29.8 Å². The lowest BCUT2D eigenvalue weighted by molar-refractivity contribution is 0.414. The summed E-state index contributed by atoms with van der Waals surface area (Å²) in [7, 11) is 1.72. The minimum Gasteiger partial charge on any atom is -0.497 e. The smallest absolute Gasteiger partial charge is 0.119 e. The molecular formula is C15H23NO. The minimum absolute atomic E-state index is 0.737. The quantitative estimate of drug-likeness (QED) is 0.781. The number of benzene rings is 1. The van der Waals surface area contributed by atoms with Crippen LogP contribution in [-0.4, -0.2) is 19.7 Å². The number of hydrogen-bond acceptors (Lipinski definition) is 2. The summed E-state index contributed by atoms with van der Waals surface area (Å²) in [5.41, 5.74) is 1.35. The summed E-state index contributed by atoms with van der Waals surface area (Å²) in [6.07, 6.45) is 5.18. The highest BCUT2D eigenvalue weighted by Gasteiger charge is 2.29. The summed E-state index contributed by atoms with van der Waals surface area (Å²) in [6.45, 7) is 3.35. The predicted molar refractivity (Wildman–Crippen MR) is 71.5 cm³/mol. The highest BCUT2D eigenvalue weighted by molar-refractivity contribution is 5.28. The van der Waals surface area contributed by atoms with Crippen molar-refractivity contribution in [3.8, 4) is 5.75 Å². The van der Waals surface area contributed by atoms with E-state index in [-0.39, 0.29) is 0 Å². The summed E-state index contributed by atoms with van der Waals surface area (Å²) in [6, 6.07) is 9.09. The number of ether oxygens (including phenoxy) is 1. The van der Waals surface area contributed by atoms with Crippen LogP contribution < -0.4 is 10.1 Å². The van der Waals surface area contributed by atoms with Crippen LogP contribution in [0.25, 0.3) is 0 Å². The van der Waals surface area contributed by atoms with Gasteiger partial charge in [-0.05, 0) is 55.8 Å². The molecule has 1 unspecified atom stereocenters. The number of hydrogen-bond donors (Lipinski definition) is 1. The Bertz CT molecular complexity index is 347. The molecule has 1 N–H and O–H groups in total. The Hall–Kier alpha value is -1.02. The molecular weight excluding hydrogens is 210 g/mol. The molecule has 94 valence electrons. The monoisotopic (exact) mass is 233 g/mol. The Balaban J connectivity index is 1.76. The van der Waals surface area contributed by atoms with Gasteiger partial charge in [-0.2, -0.15) is 0 Å². The zero-order valence-electron chi connectivity index (χ0n) is 10.9. The maximum absolute atomic E-state index is 5.23. The van der Waals surface area contributed by atoms with Crippen molar-refractivity contribution >= 4 is 0 Å². The molecule has 0 spiro atoms. The SMILES string of the molecule is CCC(NCCc1cccc(OC)c1)C1CC1. The van der Waals surface area contributed by atoms with Gasteiger partial charge in [0.1, 0.15) is 5.75 Å². The molecule has 0 bridgehead atoms. The molecule has 1 aromatic carbocycles. The van der Waals surface area contributed by atoms with E-state index < -0.39 is 0 Å². The van der Waals surface area contributed by atoms with Gasteiger partial charge in [-0.3, -0.25) is 0 Å². The Kier molecular flexibility index (Phi) is 4.43. The number of nitrogens with one attached hydrogen (secondary N) is 1. The predicted octanol–water partition coefficient (Wildman–Crippen LogP) is 3.02. The van der Waals surface area contributed by atoms with E-state index in [4.69, 9.17) is 4.74 Å². The van der Waals surface area contributed by atoms with Gasteiger partial charge in [-0.25, -0.2) is 0 Å². The highest BCUT2D eigenvalue weighted by atomic mass is 16.5. The lowest BCUT2D eigenvalue weighted by Gasteiger charge is -2.16. The molecule has 0 aliphatic heterocycles. The second-order valence-corrected chi connectivity index (χ2v) is 4.91. The topological polar surface area (TPSA) is 21.3 Å². The van der Waals surface area contributed by atoms with Crippen molar-refractivity contribution in [2.24, 2.45) is 5.92 Å². The molecule has 0 amide bonds. The second-order valence-electron chi connectivity index (χ2n) is 4.91. The van der Waals surface area contributed by atoms with E-state index in [9.17, 15) is 0 Å². The fourth-order valence-corrected chi connectivity index (χ4v) is 2.37. The van der Waals surface area contributed by atoms with Gasteiger partial charge in [0.15, 0.2) is 0 Å². The van der Waals surface area contributed by atoms with Gasteiger partial charge < -0.3 is 10.1 Å². The zero-order chi connectivity index (χ0) is 12.1. The Morgan fingerprint density at radius 1 is 1.41 bits per heavy atom. The fourth-order valence-electron chi connectivity index (χ4n) is 2.37. The Morgan fingerprint density at radius 3 is 2.88 bits per heavy atom. The van der Waals surface area contributed by atoms with Crippen molar-refractivity contribution in [1.82, 2.24) is 5.32 Å². The third kappa shape index (κ3) is 3.74. The van der Waals surface area contributed by atoms with Crippen LogP contribution in [0.3, 0.4) is 0 Å². The normalized spacial score (nSPS) is 16.8. The number of methoxy groups -OCH3 is 1. The molecule has 1 aliphatic rings. The summed E-state index contributed by atoms with van der Waals surface area (Å²) in [5.74, 6) is 1.90. The first kappa shape index (κ1) is 12.4. The first-order valence-corrected chi connectivity index (χ1v) is 6.69. The van der Waals surface area contributed by atoms with Crippen LogP contribution in [0.2, 0.25) is 0 Å². The standard InChI is InChI=1S/C15H23NO/c1-3-15(13-7-8-13)16-10-9-12-5-4-6-14(11-12)17-2/h4-6,11,13,15-16H,3,7-10H2,1-2H3. The lowest BCUT2D eigenvalue weighted by atomic mass is 10.1. The van der Waals surface area contributed by atoms with Gasteiger partial charge >= 0.3 is 0 Å². The third-order valence-corrected chi connectivity index (χ3v) is 3.59. The average Bonchev–Trinajstić information content (AvgIpc) is 3.19. The maximum Gasteiger partial charge on any atom is 0.119 e. The van der Waals surface area contributed by atoms with Crippen LogP contribution >= 0.6 is 0 Å². The van der Waals surface area contributed by atoms with Crippen LogP contribution in [-0.2, 0) is 6.42 Å². The molecule has 1 atom stereocenters. The molecule has 0 heterocycles. The Labute approximate surface area is 104 Å². The fraction of sp³-hybridized carbons (Fsp3) is 0.600. The van der Waals surface area contributed by atoms with E-state index in [0.717, 1.165) is 30.7 Å². The van der Waals surface area contributed by atoms with Crippen molar-refractivity contribution in [3.63, 3.8) is 0 Å². The minimum atomic E-state index is 0.737. The lowest BCUT2D eigenvalue weighted by Crippen LogP contribution is -2.32. The van der Waals surface area contributed by atoms with Crippen LogP contribution in [0, 0.1) is 5.92 Å². The van der Waals surface area contributed by atoms with Gasteiger partial charge in [-0.15, -0.1) is 0 Å². The van der Waals surface area contributed by atoms with Gasteiger partial charge in [0.05, 0.1) is 7.11 Å². The van der Waals surface area contributed by atoms with Crippen molar-refractivity contribution < 1.29 is 4.74 Å².